The maximum atomic E-state index is 12.9. The molecule has 28 heavy (non-hydrogen) atoms. The summed E-state index contributed by atoms with van der Waals surface area (Å²) in [5.74, 6) is 0.150. The molecule has 1 fully saturated rings. The van der Waals surface area contributed by atoms with Crippen LogP contribution < -0.4 is 16.6 Å². The monoisotopic (exact) mass is 378 g/mol. The van der Waals surface area contributed by atoms with Crippen LogP contribution in [0.25, 0.3) is 11.0 Å². The lowest BCUT2D eigenvalue weighted by Gasteiger charge is -2.19. The SMILES string of the molecule is Cc1ccc([C@@H](NC(=O)c2cnc3c(c2)c(=O)n(C)c(=O)n3C)C2CC2)cc1. The van der Waals surface area contributed by atoms with Gasteiger partial charge in [0.05, 0.1) is 17.0 Å². The highest BCUT2D eigenvalue weighted by Crippen LogP contribution is 2.41. The highest BCUT2D eigenvalue weighted by Gasteiger charge is 2.33. The molecule has 0 spiro atoms. The molecule has 1 atom stereocenters. The lowest BCUT2D eigenvalue weighted by Crippen LogP contribution is -2.37. The summed E-state index contributed by atoms with van der Waals surface area (Å²) in [7, 11) is 2.97. The molecular weight excluding hydrogens is 356 g/mol. The summed E-state index contributed by atoms with van der Waals surface area (Å²) < 4.78 is 2.32. The van der Waals surface area contributed by atoms with Crippen molar-refractivity contribution >= 4 is 16.9 Å². The number of benzene rings is 1. The molecule has 0 unspecified atom stereocenters. The molecule has 4 rings (SSSR count). The van der Waals surface area contributed by atoms with Crippen molar-refractivity contribution in [2.24, 2.45) is 20.0 Å². The van der Waals surface area contributed by atoms with E-state index in [1.807, 2.05) is 31.2 Å². The Morgan fingerprint density at radius 2 is 1.82 bits per heavy atom. The van der Waals surface area contributed by atoms with Gasteiger partial charge in [-0.2, -0.15) is 0 Å². The van der Waals surface area contributed by atoms with Crippen LogP contribution in [0.15, 0.2) is 46.1 Å². The molecule has 0 radical (unpaired) electrons. The van der Waals surface area contributed by atoms with E-state index in [0.29, 0.717) is 11.5 Å². The molecule has 2 heterocycles. The minimum atomic E-state index is -0.461. The molecular formula is C21H22N4O3. The summed E-state index contributed by atoms with van der Waals surface area (Å²) in [5.41, 5.74) is 1.91. The standard InChI is InChI=1S/C21H22N4O3/c1-12-4-6-13(7-5-12)17(14-8-9-14)23-19(26)15-10-16-18(22-11-15)24(2)21(28)25(3)20(16)27/h4-7,10-11,14,17H,8-9H2,1-3H3,(H,23,26)/t17-/m1/s1. The van der Waals surface area contributed by atoms with Gasteiger partial charge in [-0.05, 0) is 37.3 Å². The van der Waals surface area contributed by atoms with Gasteiger partial charge < -0.3 is 5.32 Å². The van der Waals surface area contributed by atoms with E-state index < -0.39 is 11.2 Å². The van der Waals surface area contributed by atoms with Crippen LogP contribution in [0.2, 0.25) is 0 Å². The highest BCUT2D eigenvalue weighted by molar-refractivity contribution is 5.97. The van der Waals surface area contributed by atoms with Gasteiger partial charge in [0, 0.05) is 20.3 Å². The predicted octanol–water partition coefficient (Wildman–Crippen LogP) is 1.82. The molecule has 1 saturated carbocycles. The number of nitrogens with zero attached hydrogens (tertiary/aromatic N) is 3. The van der Waals surface area contributed by atoms with Crippen molar-refractivity contribution in [2.75, 3.05) is 0 Å². The molecule has 144 valence electrons. The van der Waals surface area contributed by atoms with Gasteiger partial charge in [-0.1, -0.05) is 29.8 Å². The lowest BCUT2D eigenvalue weighted by molar-refractivity contribution is 0.0931. The summed E-state index contributed by atoms with van der Waals surface area (Å²) in [6, 6.07) is 9.62. The molecule has 1 amide bonds. The van der Waals surface area contributed by atoms with Gasteiger partial charge in [-0.25, -0.2) is 9.78 Å². The van der Waals surface area contributed by atoms with E-state index in [2.05, 4.69) is 10.3 Å². The second kappa shape index (κ2) is 6.74. The minimum Gasteiger partial charge on any atom is -0.345 e. The summed E-state index contributed by atoms with van der Waals surface area (Å²) in [6.07, 6.45) is 3.57. The molecule has 1 aliphatic carbocycles. The van der Waals surface area contributed by atoms with Gasteiger partial charge in [0.15, 0.2) is 0 Å². The Morgan fingerprint density at radius 3 is 2.46 bits per heavy atom. The molecule has 0 aliphatic heterocycles. The molecule has 0 bridgehead atoms. The predicted molar refractivity (Wildman–Crippen MR) is 106 cm³/mol. The average molecular weight is 378 g/mol. The minimum absolute atomic E-state index is 0.0632. The lowest BCUT2D eigenvalue weighted by atomic mass is 10.0. The number of rotatable bonds is 4. The van der Waals surface area contributed by atoms with Crippen molar-refractivity contribution in [1.29, 1.82) is 0 Å². The third-order valence-corrected chi connectivity index (χ3v) is 5.37. The topological polar surface area (TPSA) is 86.0 Å². The van der Waals surface area contributed by atoms with E-state index in [1.165, 1.54) is 29.4 Å². The number of amides is 1. The number of aryl methyl sites for hydroxylation is 2. The molecule has 2 aromatic heterocycles. The van der Waals surface area contributed by atoms with Crippen LogP contribution in [-0.2, 0) is 14.1 Å². The van der Waals surface area contributed by atoms with E-state index in [-0.39, 0.29) is 23.0 Å². The van der Waals surface area contributed by atoms with Crippen molar-refractivity contribution in [3.8, 4) is 0 Å². The quantitative estimate of drug-likeness (QED) is 0.750. The van der Waals surface area contributed by atoms with Gasteiger partial charge in [0.25, 0.3) is 11.5 Å². The molecule has 7 heteroatoms. The molecule has 7 nitrogen and oxygen atoms in total. The van der Waals surface area contributed by atoms with Crippen LogP contribution in [0, 0.1) is 12.8 Å². The summed E-state index contributed by atoms with van der Waals surface area (Å²) >= 11 is 0. The fourth-order valence-electron chi connectivity index (χ4n) is 3.49. The number of nitrogens with one attached hydrogen (secondary N) is 1. The third kappa shape index (κ3) is 3.13. The third-order valence-electron chi connectivity index (χ3n) is 5.37. The van der Waals surface area contributed by atoms with Crippen molar-refractivity contribution < 1.29 is 4.79 Å². The first kappa shape index (κ1) is 18.2. The Kier molecular flexibility index (Phi) is 4.37. The number of carbonyl (C=O) groups excluding carboxylic acids is 1. The van der Waals surface area contributed by atoms with Gasteiger partial charge in [-0.15, -0.1) is 0 Å². The first-order valence-electron chi connectivity index (χ1n) is 9.30. The van der Waals surface area contributed by atoms with Crippen LogP contribution in [0.3, 0.4) is 0 Å². The van der Waals surface area contributed by atoms with Gasteiger partial charge in [0.2, 0.25) is 0 Å². The molecule has 0 saturated heterocycles. The van der Waals surface area contributed by atoms with Crippen molar-refractivity contribution in [2.45, 2.75) is 25.8 Å². The number of hydrogen-bond donors (Lipinski definition) is 1. The van der Waals surface area contributed by atoms with Gasteiger partial charge in [0.1, 0.15) is 5.65 Å². The fraction of sp³-hybridized carbons (Fsp3) is 0.333. The summed E-state index contributed by atoms with van der Waals surface area (Å²) in [5, 5.41) is 3.35. The van der Waals surface area contributed by atoms with E-state index in [9.17, 15) is 14.4 Å². The van der Waals surface area contributed by atoms with E-state index in [0.717, 1.165) is 23.0 Å². The van der Waals surface area contributed by atoms with Crippen LogP contribution in [-0.4, -0.2) is 20.0 Å². The Balaban J connectivity index is 1.69. The van der Waals surface area contributed by atoms with Crippen molar-refractivity contribution in [3.05, 3.63) is 74.1 Å². The Hall–Kier alpha value is -3.22. The van der Waals surface area contributed by atoms with E-state index in [1.54, 1.807) is 7.05 Å². The highest BCUT2D eigenvalue weighted by atomic mass is 16.2. The fourth-order valence-corrected chi connectivity index (χ4v) is 3.49. The Morgan fingerprint density at radius 1 is 1.14 bits per heavy atom. The number of pyridine rings is 1. The molecule has 1 aromatic carbocycles. The van der Waals surface area contributed by atoms with Crippen LogP contribution >= 0.6 is 0 Å². The van der Waals surface area contributed by atoms with E-state index in [4.69, 9.17) is 0 Å². The number of fused-ring (bicyclic) bond motifs is 1. The Labute approximate surface area is 161 Å². The van der Waals surface area contributed by atoms with Crippen molar-refractivity contribution in [1.82, 2.24) is 19.4 Å². The van der Waals surface area contributed by atoms with E-state index >= 15 is 0 Å². The summed E-state index contributed by atoms with van der Waals surface area (Å²) in [4.78, 5) is 41.6. The zero-order chi connectivity index (χ0) is 20.0. The van der Waals surface area contributed by atoms with Crippen LogP contribution in [0.5, 0.6) is 0 Å². The van der Waals surface area contributed by atoms with Gasteiger partial charge in [-0.3, -0.25) is 18.7 Å². The smallest absolute Gasteiger partial charge is 0.332 e. The first-order chi connectivity index (χ1) is 13.4. The Bertz CT molecular complexity index is 1190. The maximum absolute atomic E-state index is 12.9. The number of carbonyl (C=O) groups is 1. The molecule has 3 aromatic rings. The van der Waals surface area contributed by atoms with Crippen LogP contribution in [0.1, 0.15) is 40.4 Å². The van der Waals surface area contributed by atoms with Gasteiger partial charge >= 0.3 is 5.69 Å². The van der Waals surface area contributed by atoms with Crippen molar-refractivity contribution in [3.63, 3.8) is 0 Å². The summed E-state index contributed by atoms with van der Waals surface area (Å²) in [6.45, 7) is 2.03. The largest absolute Gasteiger partial charge is 0.345 e. The van der Waals surface area contributed by atoms with Crippen LogP contribution in [0.4, 0.5) is 0 Å². The zero-order valence-corrected chi connectivity index (χ0v) is 16.1. The molecule has 1 aliphatic rings. The molecule has 1 N–H and O–H groups in total. The normalized spacial score (nSPS) is 14.8. The number of hydrogen-bond acceptors (Lipinski definition) is 4. The average Bonchev–Trinajstić information content (AvgIpc) is 3.54. The maximum Gasteiger partial charge on any atom is 0.332 e. The second-order valence-electron chi connectivity index (χ2n) is 7.50. The number of aromatic nitrogens is 3. The first-order valence-corrected chi connectivity index (χ1v) is 9.30. The second-order valence-corrected chi connectivity index (χ2v) is 7.50. The zero-order valence-electron chi connectivity index (χ0n) is 16.1.